The molecule has 2 atom stereocenters. The molecular formula is C34H31NO5. The van der Waals surface area contributed by atoms with Crippen LogP contribution in [0.4, 0.5) is 4.79 Å². The molecule has 2 fully saturated rings. The highest BCUT2D eigenvalue weighted by molar-refractivity contribution is 5.79. The lowest BCUT2D eigenvalue weighted by Gasteiger charge is -2.51. The van der Waals surface area contributed by atoms with Crippen LogP contribution < -0.4 is 4.74 Å². The average molecular weight is 534 g/mol. The Bertz CT molecular complexity index is 1460. The van der Waals surface area contributed by atoms with E-state index in [2.05, 4.69) is 24.3 Å². The van der Waals surface area contributed by atoms with Crippen LogP contribution in [0.1, 0.15) is 35.4 Å². The van der Waals surface area contributed by atoms with E-state index in [0.29, 0.717) is 31.8 Å². The summed E-state index contributed by atoms with van der Waals surface area (Å²) < 4.78 is 17.7. The van der Waals surface area contributed by atoms with Gasteiger partial charge in [0, 0.05) is 18.8 Å². The zero-order valence-electron chi connectivity index (χ0n) is 22.1. The van der Waals surface area contributed by atoms with Gasteiger partial charge in [0.05, 0.1) is 30.9 Å². The average Bonchev–Trinajstić information content (AvgIpc) is 3.30. The van der Waals surface area contributed by atoms with Crippen molar-refractivity contribution < 1.29 is 24.1 Å². The number of carbonyl (C=O) groups is 1. The summed E-state index contributed by atoms with van der Waals surface area (Å²) in [7, 11) is 0. The van der Waals surface area contributed by atoms with Gasteiger partial charge in [-0.05, 0) is 52.1 Å². The number of morpholine rings is 1. The van der Waals surface area contributed by atoms with Crippen molar-refractivity contribution in [3.8, 4) is 22.6 Å². The molecule has 1 amide bonds. The lowest BCUT2D eigenvalue weighted by Crippen LogP contribution is -2.62. The van der Waals surface area contributed by atoms with Crippen LogP contribution in [0.25, 0.3) is 11.1 Å². The molecule has 6 heteroatoms. The Morgan fingerprint density at radius 1 is 0.775 bits per heavy atom. The first-order chi connectivity index (χ1) is 19.6. The molecule has 0 aromatic heterocycles. The van der Waals surface area contributed by atoms with E-state index in [0.717, 1.165) is 11.3 Å². The number of hydrogen-bond acceptors (Lipinski definition) is 5. The molecule has 2 heterocycles. The Morgan fingerprint density at radius 3 is 1.95 bits per heavy atom. The van der Waals surface area contributed by atoms with E-state index in [1.54, 1.807) is 4.90 Å². The number of para-hydroxylation sites is 1. The number of piperidine rings is 1. The quantitative estimate of drug-likeness (QED) is 0.318. The van der Waals surface area contributed by atoms with E-state index in [1.165, 1.54) is 22.3 Å². The monoisotopic (exact) mass is 533 g/mol. The Balaban J connectivity index is 1.05. The van der Waals surface area contributed by atoms with Crippen molar-refractivity contribution >= 4 is 6.09 Å². The second-order valence-corrected chi connectivity index (χ2v) is 10.9. The van der Waals surface area contributed by atoms with Gasteiger partial charge in [-0.15, -0.1) is 0 Å². The van der Waals surface area contributed by atoms with E-state index in [4.69, 9.17) is 14.2 Å². The number of amides is 1. The Kier molecular flexibility index (Phi) is 6.29. The molecule has 1 N–H and O–H groups in total. The molecule has 6 nitrogen and oxygen atoms in total. The van der Waals surface area contributed by atoms with Crippen LogP contribution in [-0.4, -0.2) is 48.0 Å². The lowest BCUT2D eigenvalue weighted by atomic mass is 9.77. The molecule has 202 valence electrons. The summed E-state index contributed by atoms with van der Waals surface area (Å²) in [4.78, 5) is 15.3. The number of ether oxygens (including phenoxy) is 3. The number of aliphatic hydroxyl groups is 1. The standard InChI is InChI=1S/C34H31NO5/c36-33(39-22-32-30-12-6-4-10-28(30)29-11-5-7-13-31(29)32)35-24-18-34(37,19-25(35)21-38-20-24)23-14-16-27(17-15-23)40-26-8-2-1-3-9-26/h1-17,24-25,32,37H,18-22H2. The molecule has 4 aromatic carbocycles. The van der Waals surface area contributed by atoms with Gasteiger partial charge < -0.3 is 19.3 Å². The first-order valence-corrected chi connectivity index (χ1v) is 13.9. The Labute approximate surface area is 233 Å². The molecule has 0 spiro atoms. The van der Waals surface area contributed by atoms with Gasteiger partial charge >= 0.3 is 6.09 Å². The molecule has 1 aliphatic carbocycles. The van der Waals surface area contributed by atoms with E-state index in [-0.39, 0.29) is 30.7 Å². The number of fused-ring (bicyclic) bond motifs is 5. The summed E-state index contributed by atoms with van der Waals surface area (Å²) in [5, 5.41) is 11.8. The maximum Gasteiger partial charge on any atom is 0.410 e. The molecule has 0 radical (unpaired) electrons. The summed E-state index contributed by atoms with van der Waals surface area (Å²) in [5.74, 6) is 1.47. The topological polar surface area (TPSA) is 68.2 Å². The molecule has 0 saturated carbocycles. The Hall–Kier alpha value is -4.13. The minimum atomic E-state index is -1.06. The van der Waals surface area contributed by atoms with Gasteiger partial charge in [-0.3, -0.25) is 4.90 Å². The predicted molar refractivity (Wildman–Crippen MR) is 151 cm³/mol. The largest absolute Gasteiger partial charge is 0.457 e. The minimum Gasteiger partial charge on any atom is -0.457 e. The van der Waals surface area contributed by atoms with Crippen LogP contribution >= 0.6 is 0 Å². The van der Waals surface area contributed by atoms with Crippen molar-refractivity contribution in [2.45, 2.75) is 36.4 Å². The van der Waals surface area contributed by atoms with Crippen molar-refractivity contribution in [1.82, 2.24) is 4.90 Å². The maximum atomic E-state index is 13.5. The second kappa shape index (κ2) is 10.1. The van der Waals surface area contributed by atoms with E-state index in [9.17, 15) is 9.90 Å². The van der Waals surface area contributed by atoms with Crippen LogP contribution in [0.5, 0.6) is 11.5 Å². The summed E-state index contributed by atoms with van der Waals surface area (Å²) in [6.45, 7) is 1.02. The molecule has 3 aliphatic rings. The zero-order chi connectivity index (χ0) is 27.1. The molecule has 2 unspecified atom stereocenters. The third-order valence-electron chi connectivity index (χ3n) is 8.47. The van der Waals surface area contributed by atoms with Crippen LogP contribution in [0.15, 0.2) is 103 Å². The highest BCUT2D eigenvalue weighted by Crippen LogP contribution is 2.45. The molecular weight excluding hydrogens is 502 g/mol. The highest BCUT2D eigenvalue weighted by atomic mass is 16.6. The van der Waals surface area contributed by atoms with Gasteiger partial charge in [0.1, 0.15) is 18.1 Å². The number of nitrogens with zero attached hydrogens (tertiary/aromatic N) is 1. The SMILES string of the molecule is O=C(OCC1c2ccccc2-c2ccccc21)N1C2COCC1CC(O)(c1ccc(Oc3ccccc3)cc1)C2. The summed E-state index contributed by atoms with van der Waals surface area (Å²) >= 11 is 0. The van der Waals surface area contributed by atoms with Gasteiger partial charge in [0.2, 0.25) is 0 Å². The minimum absolute atomic E-state index is 0.00535. The van der Waals surface area contributed by atoms with Crippen LogP contribution in [0, 0.1) is 0 Å². The number of rotatable bonds is 5. The van der Waals surface area contributed by atoms with Crippen molar-refractivity contribution in [2.75, 3.05) is 19.8 Å². The lowest BCUT2D eigenvalue weighted by molar-refractivity contribution is -0.136. The van der Waals surface area contributed by atoms with E-state index < -0.39 is 5.60 Å². The highest BCUT2D eigenvalue weighted by Gasteiger charge is 2.49. The normalized spacial score (nSPS) is 23.3. The molecule has 2 saturated heterocycles. The third kappa shape index (κ3) is 4.43. The maximum absolute atomic E-state index is 13.5. The van der Waals surface area contributed by atoms with Crippen LogP contribution in [0.3, 0.4) is 0 Å². The van der Waals surface area contributed by atoms with Crippen molar-refractivity contribution in [3.05, 3.63) is 120 Å². The number of carbonyl (C=O) groups excluding carboxylic acids is 1. The fraction of sp³-hybridized carbons (Fsp3) is 0.265. The van der Waals surface area contributed by atoms with Crippen molar-refractivity contribution in [1.29, 1.82) is 0 Å². The number of hydrogen-bond donors (Lipinski definition) is 1. The molecule has 2 bridgehead atoms. The van der Waals surface area contributed by atoms with Crippen LogP contribution in [-0.2, 0) is 15.1 Å². The summed E-state index contributed by atoms with van der Waals surface area (Å²) in [5.41, 5.74) is 4.53. The van der Waals surface area contributed by atoms with Gasteiger partial charge in [0.25, 0.3) is 0 Å². The first kappa shape index (κ1) is 24.9. The molecule has 4 aromatic rings. The zero-order valence-corrected chi connectivity index (χ0v) is 22.1. The van der Waals surface area contributed by atoms with Gasteiger partial charge in [0.15, 0.2) is 0 Å². The van der Waals surface area contributed by atoms with Gasteiger partial charge in [-0.1, -0.05) is 78.9 Å². The number of benzene rings is 4. The molecule has 7 rings (SSSR count). The second-order valence-electron chi connectivity index (χ2n) is 10.9. The summed E-state index contributed by atoms with van der Waals surface area (Å²) in [6.07, 6.45) is 0.424. The molecule has 2 aliphatic heterocycles. The van der Waals surface area contributed by atoms with Crippen molar-refractivity contribution in [2.24, 2.45) is 0 Å². The Morgan fingerprint density at radius 2 is 1.32 bits per heavy atom. The van der Waals surface area contributed by atoms with Gasteiger partial charge in [-0.25, -0.2) is 4.79 Å². The fourth-order valence-electron chi connectivity index (χ4n) is 6.64. The van der Waals surface area contributed by atoms with Crippen LogP contribution in [0.2, 0.25) is 0 Å². The predicted octanol–water partition coefficient (Wildman–Crippen LogP) is 6.48. The first-order valence-electron chi connectivity index (χ1n) is 13.9. The summed E-state index contributed by atoms with van der Waals surface area (Å²) in [6, 6.07) is 33.3. The van der Waals surface area contributed by atoms with Crippen molar-refractivity contribution in [3.63, 3.8) is 0 Å². The third-order valence-corrected chi connectivity index (χ3v) is 8.47. The van der Waals surface area contributed by atoms with Gasteiger partial charge in [-0.2, -0.15) is 0 Å². The fourth-order valence-corrected chi connectivity index (χ4v) is 6.64. The van der Waals surface area contributed by atoms with E-state index >= 15 is 0 Å². The smallest absolute Gasteiger partial charge is 0.410 e. The molecule has 40 heavy (non-hydrogen) atoms. The van der Waals surface area contributed by atoms with E-state index in [1.807, 2.05) is 78.9 Å².